The van der Waals surface area contributed by atoms with Crippen LogP contribution in [0.3, 0.4) is 0 Å². The number of nitrogens with one attached hydrogen (secondary N) is 1. The number of hydrogen-bond donors (Lipinski definition) is 1. The molecule has 1 aliphatic carbocycles. The van der Waals surface area contributed by atoms with Crippen molar-refractivity contribution in [1.82, 2.24) is 5.32 Å². The monoisotopic (exact) mass is 227 g/mol. The van der Waals surface area contributed by atoms with Crippen molar-refractivity contribution in [3.05, 3.63) is 12.2 Å². The Kier molecular flexibility index (Phi) is 7.20. The van der Waals surface area contributed by atoms with E-state index in [0.717, 1.165) is 5.92 Å². The van der Waals surface area contributed by atoms with Gasteiger partial charge in [0.2, 0.25) is 0 Å². The fraction of sp³-hybridized carbons (Fsp3) is 0.846. The van der Waals surface area contributed by atoms with E-state index in [0.29, 0.717) is 6.04 Å². The van der Waals surface area contributed by atoms with Gasteiger partial charge in [0.25, 0.3) is 0 Å². The van der Waals surface area contributed by atoms with Crippen molar-refractivity contribution < 1.29 is 0 Å². The predicted octanol–water partition coefficient (Wildman–Crippen LogP) is 3.46. The number of hydrogen-bond acceptors (Lipinski definition) is 2. The van der Waals surface area contributed by atoms with Crippen LogP contribution in [0.4, 0.5) is 0 Å². The summed E-state index contributed by atoms with van der Waals surface area (Å²) in [6, 6.07) is 0.690. The molecule has 1 N–H and O–H groups in total. The molecule has 2 heteroatoms. The molecule has 0 aromatic rings. The van der Waals surface area contributed by atoms with Gasteiger partial charge in [0.05, 0.1) is 0 Å². The summed E-state index contributed by atoms with van der Waals surface area (Å²) in [4.78, 5) is 0. The van der Waals surface area contributed by atoms with Gasteiger partial charge in [0, 0.05) is 6.04 Å². The maximum Gasteiger partial charge on any atom is 0.00466 e. The summed E-state index contributed by atoms with van der Waals surface area (Å²) in [6.45, 7) is 5.76. The first kappa shape index (κ1) is 13.1. The van der Waals surface area contributed by atoms with Crippen LogP contribution < -0.4 is 5.32 Å². The van der Waals surface area contributed by atoms with E-state index in [1.807, 2.05) is 11.8 Å². The normalized spacial score (nSPS) is 22.9. The van der Waals surface area contributed by atoms with Crippen molar-refractivity contribution in [1.29, 1.82) is 0 Å². The summed E-state index contributed by atoms with van der Waals surface area (Å²) in [6.07, 6.45) is 9.90. The highest BCUT2D eigenvalue weighted by atomic mass is 32.2. The molecule has 0 saturated carbocycles. The summed E-state index contributed by atoms with van der Waals surface area (Å²) in [7, 11) is 0. The molecular weight excluding hydrogens is 202 g/mol. The van der Waals surface area contributed by atoms with Gasteiger partial charge >= 0.3 is 0 Å². The smallest absolute Gasteiger partial charge is 0.00466 e. The van der Waals surface area contributed by atoms with Crippen LogP contribution in [0.5, 0.6) is 0 Å². The molecule has 0 aromatic carbocycles. The van der Waals surface area contributed by atoms with Gasteiger partial charge < -0.3 is 5.32 Å². The second kappa shape index (κ2) is 8.23. The maximum atomic E-state index is 3.66. The Morgan fingerprint density at radius 1 is 1.47 bits per heavy atom. The molecule has 15 heavy (non-hydrogen) atoms. The minimum Gasteiger partial charge on any atom is -0.314 e. The van der Waals surface area contributed by atoms with E-state index in [1.54, 1.807) is 0 Å². The lowest BCUT2D eigenvalue weighted by Gasteiger charge is -2.21. The Labute approximate surface area is 99.1 Å². The highest BCUT2D eigenvalue weighted by Crippen LogP contribution is 2.17. The van der Waals surface area contributed by atoms with Crippen LogP contribution in [0, 0.1) is 5.92 Å². The van der Waals surface area contributed by atoms with Crippen molar-refractivity contribution in [2.75, 3.05) is 18.1 Å². The first-order valence-electron chi connectivity index (χ1n) is 6.29. The van der Waals surface area contributed by atoms with E-state index in [-0.39, 0.29) is 0 Å². The Balaban J connectivity index is 2.00. The molecule has 0 bridgehead atoms. The van der Waals surface area contributed by atoms with Gasteiger partial charge in [-0.05, 0) is 56.6 Å². The first-order valence-corrected chi connectivity index (χ1v) is 7.44. The lowest BCUT2D eigenvalue weighted by Crippen LogP contribution is -2.32. The zero-order chi connectivity index (χ0) is 10.9. The van der Waals surface area contributed by atoms with Gasteiger partial charge in [-0.3, -0.25) is 0 Å². The van der Waals surface area contributed by atoms with Gasteiger partial charge in [-0.2, -0.15) is 11.8 Å². The molecule has 1 aliphatic rings. The summed E-state index contributed by atoms with van der Waals surface area (Å²) in [5.41, 5.74) is 0. The zero-order valence-corrected chi connectivity index (χ0v) is 11.0. The Morgan fingerprint density at radius 3 is 3.00 bits per heavy atom. The molecule has 0 heterocycles. The Hall–Kier alpha value is 0.0500. The second-order valence-electron chi connectivity index (χ2n) is 4.45. The third-order valence-electron chi connectivity index (χ3n) is 3.03. The highest BCUT2D eigenvalue weighted by molar-refractivity contribution is 7.99. The molecule has 88 valence electrons. The molecule has 0 aromatic heterocycles. The van der Waals surface area contributed by atoms with Gasteiger partial charge in [-0.25, -0.2) is 0 Å². The summed E-state index contributed by atoms with van der Waals surface area (Å²) >= 11 is 2.05. The summed E-state index contributed by atoms with van der Waals surface area (Å²) in [5, 5.41) is 3.66. The van der Waals surface area contributed by atoms with Gasteiger partial charge in [-0.1, -0.05) is 19.1 Å². The molecule has 2 atom stereocenters. The molecule has 0 fully saturated rings. The molecule has 1 rings (SSSR count). The topological polar surface area (TPSA) is 12.0 Å². The van der Waals surface area contributed by atoms with Crippen LogP contribution in [-0.4, -0.2) is 24.1 Å². The molecule has 0 aliphatic heterocycles. The average molecular weight is 227 g/mol. The van der Waals surface area contributed by atoms with E-state index in [1.165, 1.54) is 43.7 Å². The molecular formula is C13H25NS. The van der Waals surface area contributed by atoms with E-state index in [4.69, 9.17) is 0 Å². The Bertz CT molecular complexity index is 179. The zero-order valence-electron chi connectivity index (χ0n) is 10.2. The lowest BCUT2D eigenvalue weighted by atomic mass is 9.94. The Morgan fingerprint density at radius 2 is 2.33 bits per heavy atom. The fourth-order valence-corrected chi connectivity index (χ4v) is 2.72. The summed E-state index contributed by atoms with van der Waals surface area (Å²) < 4.78 is 0. The standard InChI is InChI=1S/C13H25NS/c1-3-15-10-9-12(2)14-11-13-7-5-4-6-8-13/h4-5,12-14H,3,6-11H2,1-2H3. The molecule has 1 nitrogen and oxygen atoms in total. The van der Waals surface area contributed by atoms with Crippen molar-refractivity contribution in [2.24, 2.45) is 5.92 Å². The van der Waals surface area contributed by atoms with Crippen molar-refractivity contribution in [2.45, 2.75) is 45.6 Å². The quantitative estimate of drug-likeness (QED) is 0.528. The van der Waals surface area contributed by atoms with Crippen LogP contribution in [0.2, 0.25) is 0 Å². The van der Waals surface area contributed by atoms with Crippen molar-refractivity contribution in [3.8, 4) is 0 Å². The van der Waals surface area contributed by atoms with Gasteiger partial charge in [-0.15, -0.1) is 0 Å². The first-order chi connectivity index (χ1) is 7.33. The second-order valence-corrected chi connectivity index (χ2v) is 5.84. The SMILES string of the molecule is CCSCCC(C)NCC1CC=CCC1. The van der Waals surface area contributed by atoms with Crippen LogP contribution in [-0.2, 0) is 0 Å². The lowest BCUT2D eigenvalue weighted by molar-refractivity contribution is 0.408. The summed E-state index contributed by atoms with van der Waals surface area (Å²) in [5.74, 6) is 3.44. The van der Waals surface area contributed by atoms with Crippen LogP contribution in [0.1, 0.15) is 39.5 Å². The third kappa shape index (κ3) is 6.26. The molecule has 0 spiro atoms. The largest absolute Gasteiger partial charge is 0.314 e. The average Bonchev–Trinajstić information content (AvgIpc) is 2.28. The highest BCUT2D eigenvalue weighted by Gasteiger charge is 2.10. The minimum absolute atomic E-state index is 0.690. The van der Waals surface area contributed by atoms with Crippen molar-refractivity contribution in [3.63, 3.8) is 0 Å². The van der Waals surface area contributed by atoms with Crippen LogP contribution >= 0.6 is 11.8 Å². The molecule has 2 unspecified atom stereocenters. The van der Waals surface area contributed by atoms with Crippen LogP contribution in [0.25, 0.3) is 0 Å². The number of allylic oxidation sites excluding steroid dienone is 2. The number of rotatable bonds is 7. The van der Waals surface area contributed by atoms with E-state index < -0.39 is 0 Å². The van der Waals surface area contributed by atoms with E-state index >= 15 is 0 Å². The van der Waals surface area contributed by atoms with E-state index in [9.17, 15) is 0 Å². The third-order valence-corrected chi connectivity index (χ3v) is 3.96. The van der Waals surface area contributed by atoms with Crippen LogP contribution in [0.15, 0.2) is 12.2 Å². The van der Waals surface area contributed by atoms with Crippen molar-refractivity contribution >= 4 is 11.8 Å². The maximum absolute atomic E-state index is 3.66. The fourth-order valence-electron chi connectivity index (χ4n) is 1.92. The van der Waals surface area contributed by atoms with Gasteiger partial charge in [0.1, 0.15) is 0 Å². The molecule has 0 saturated heterocycles. The van der Waals surface area contributed by atoms with E-state index in [2.05, 4.69) is 31.3 Å². The van der Waals surface area contributed by atoms with Gasteiger partial charge in [0.15, 0.2) is 0 Å². The predicted molar refractivity (Wildman–Crippen MR) is 71.6 cm³/mol. The molecule has 0 amide bonds. The number of thioether (sulfide) groups is 1. The minimum atomic E-state index is 0.690. The molecule has 0 radical (unpaired) electrons.